The molecule has 1 atom stereocenters. The Hall–Kier alpha value is -1.40. The van der Waals surface area contributed by atoms with Crippen molar-refractivity contribution in [2.75, 3.05) is 25.6 Å². The van der Waals surface area contributed by atoms with Gasteiger partial charge in [0.25, 0.3) is 0 Å². The molecule has 2 heterocycles. The van der Waals surface area contributed by atoms with E-state index in [0.29, 0.717) is 11.8 Å². The first-order valence-corrected chi connectivity index (χ1v) is 9.90. The number of hydrogen-bond donors (Lipinski definition) is 1. The summed E-state index contributed by atoms with van der Waals surface area (Å²) in [5, 5.41) is 3.72. The molecule has 1 aromatic carbocycles. The number of nitrogens with one attached hydrogen (secondary N) is 1. The SMILES string of the molecule is O=C1CSC(c2ccc3c(c2)OCO3)N1CCCNC1CCCC1. The molecule has 24 heavy (non-hydrogen) atoms. The van der Waals surface area contributed by atoms with Gasteiger partial charge in [-0.25, -0.2) is 0 Å². The van der Waals surface area contributed by atoms with E-state index < -0.39 is 0 Å². The van der Waals surface area contributed by atoms with E-state index >= 15 is 0 Å². The van der Waals surface area contributed by atoms with Crippen molar-refractivity contribution in [1.82, 2.24) is 10.2 Å². The van der Waals surface area contributed by atoms with Crippen LogP contribution in [0.2, 0.25) is 0 Å². The predicted molar refractivity (Wildman–Crippen MR) is 94.4 cm³/mol. The number of fused-ring (bicyclic) bond motifs is 1. The van der Waals surface area contributed by atoms with Gasteiger partial charge in [0.15, 0.2) is 11.5 Å². The molecule has 1 unspecified atom stereocenters. The van der Waals surface area contributed by atoms with Crippen LogP contribution in [0.25, 0.3) is 0 Å². The molecule has 2 fully saturated rings. The standard InChI is InChI=1S/C18H24N2O3S/c21-17-11-24-18(13-6-7-15-16(10-13)23-12-22-15)20(17)9-3-8-19-14-4-1-2-5-14/h6-7,10,14,18-19H,1-5,8-9,11-12H2. The van der Waals surface area contributed by atoms with Crippen molar-refractivity contribution in [2.45, 2.75) is 43.5 Å². The van der Waals surface area contributed by atoms with E-state index in [9.17, 15) is 4.79 Å². The lowest BCUT2D eigenvalue weighted by Crippen LogP contribution is -2.33. The van der Waals surface area contributed by atoms with Crippen LogP contribution in [-0.2, 0) is 4.79 Å². The zero-order valence-electron chi connectivity index (χ0n) is 13.8. The van der Waals surface area contributed by atoms with Gasteiger partial charge in [0, 0.05) is 12.6 Å². The van der Waals surface area contributed by atoms with Crippen LogP contribution in [0.4, 0.5) is 0 Å². The van der Waals surface area contributed by atoms with Gasteiger partial charge < -0.3 is 19.7 Å². The van der Waals surface area contributed by atoms with E-state index in [-0.39, 0.29) is 18.1 Å². The van der Waals surface area contributed by atoms with Crippen LogP contribution in [0.1, 0.15) is 43.0 Å². The lowest BCUT2D eigenvalue weighted by molar-refractivity contribution is -0.128. The molecule has 0 radical (unpaired) electrons. The van der Waals surface area contributed by atoms with Crippen molar-refractivity contribution in [1.29, 1.82) is 0 Å². The second kappa shape index (κ2) is 7.23. The molecule has 1 saturated heterocycles. The first-order valence-electron chi connectivity index (χ1n) is 8.85. The second-order valence-corrected chi connectivity index (χ2v) is 7.72. The number of carbonyl (C=O) groups excluding carboxylic acids is 1. The number of carbonyl (C=O) groups is 1. The molecular weight excluding hydrogens is 324 g/mol. The zero-order chi connectivity index (χ0) is 16.4. The maximum absolute atomic E-state index is 12.3. The smallest absolute Gasteiger partial charge is 0.233 e. The molecule has 6 heteroatoms. The summed E-state index contributed by atoms with van der Waals surface area (Å²) in [5.74, 6) is 2.38. The van der Waals surface area contributed by atoms with E-state index in [1.807, 2.05) is 23.1 Å². The van der Waals surface area contributed by atoms with Gasteiger partial charge in [-0.2, -0.15) is 0 Å². The number of hydrogen-bond acceptors (Lipinski definition) is 5. The van der Waals surface area contributed by atoms with E-state index in [2.05, 4.69) is 5.32 Å². The van der Waals surface area contributed by atoms with Crippen molar-refractivity contribution in [3.05, 3.63) is 23.8 Å². The summed E-state index contributed by atoms with van der Waals surface area (Å²) < 4.78 is 10.8. The van der Waals surface area contributed by atoms with E-state index in [4.69, 9.17) is 9.47 Å². The number of ether oxygens (including phenoxy) is 2. The molecule has 1 amide bonds. The molecule has 2 aliphatic heterocycles. The lowest BCUT2D eigenvalue weighted by atomic mass is 10.1. The van der Waals surface area contributed by atoms with Gasteiger partial charge in [-0.15, -0.1) is 11.8 Å². The fourth-order valence-electron chi connectivity index (χ4n) is 3.72. The predicted octanol–water partition coefficient (Wildman–Crippen LogP) is 2.91. The minimum Gasteiger partial charge on any atom is -0.454 e. The Bertz CT molecular complexity index is 604. The van der Waals surface area contributed by atoms with Gasteiger partial charge in [0.05, 0.1) is 5.75 Å². The first kappa shape index (κ1) is 16.1. The minimum atomic E-state index is 0.0958. The highest BCUT2D eigenvalue weighted by Gasteiger charge is 2.33. The number of thioether (sulfide) groups is 1. The third-order valence-corrected chi connectivity index (χ3v) is 6.27. The molecule has 130 valence electrons. The normalized spacial score (nSPS) is 23.4. The number of nitrogens with zero attached hydrogens (tertiary/aromatic N) is 1. The average molecular weight is 348 g/mol. The van der Waals surface area contributed by atoms with Crippen LogP contribution in [0.5, 0.6) is 11.5 Å². The van der Waals surface area contributed by atoms with E-state index in [0.717, 1.165) is 36.6 Å². The third kappa shape index (κ3) is 3.35. The molecule has 0 bridgehead atoms. The van der Waals surface area contributed by atoms with Gasteiger partial charge in [0.2, 0.25) is 12.7 Å². The fraction of sp³-hybridized carbons (Fsp3) is 0.611. The molecule has 1 N–H and O–H groups in total. The molecule has 0 spiro atoms. The van der Waals surface area contributed by atoms with Gasteiger partial charge >= 0.3 is 0 Å². The van der Waals surface area contributed by atoms with Gasteiger partial charge in [-0.1, -0.05) is 18.9 Å². The van der Waals surface area contributed by atoms with Crippen LogP contribution in [-0.4, -0.2) is 42.5 Å². The second-order valence-electron chi connectivity index (χ2n) is 6.65. The van der Waals surface area contributed by atoms with Crippen molar-refractivity contribution in [3.8, 4) is 11.5 Å². The Labute approximate surface area is 147 Å². The molecule has 1 aromatic rings. The van der Waals surface area contributed by atoms with Crippen molar-refractivity contribution < 1.29 is 14.3 Å². The molecule has 3 aliphatic rings. The molecule has 0 aromatic heterocycles. The van der Waals surface area contributed by atoms with Crippen LogP contribution < -0.4 is 14.8 Å². The van der Waals surface area contributed by atoms with Crippen LogP contribution in [0.15, 0.2) is 18.2 Å². The summed E-state index contributed by atoms with van der Waals surface area (Å²) in [6.07, 6.45) is 6.32. The molecule has 4 rings (SSSR count). The Balaban J connectivity index is 1.35. The maximum atomic E-state index is 12.3. The summed E-state index contributed by atoms with van der Waals surface area (Å²) in [5.41, 5.74) is 1.12. The monoisotopic (exact) mass is 348 g/mol. The lowest BCUT2D eigenvalue weighted by Gasteiger charge is -2.25. The highest BCUT2D eigenvalue weighted by molar-refractivity contribution is 8.00. The molecule has 1 saturated carbocycles. The molecule has 1 aliphatic carbocycles. The van der Waals surface area contributed by atoms with Crippen LogP contribution >= 0.6 is 11.8 Å². The fourth-order valence-corrected chi connectivity index (χ4v) is 4.93. The number of benzene rings is 1. The number of amides is 1. The summed E-state index contributed by atoms with van der Waals surface area (Å²) in [6, 6.07) is 6.70. The summed E-state index contributed by atoms with van der Waals surface area (Å²) >= 11 is 1.70. The maximum Gasteiger partial charge on any atom is 0.233 e. The first-order chi connectivity index (χ1) is 11.8. The highest BCUT2D eigenvalue weighted by atomic mass is 32.2. The van der Waals surface area contributed by atoms with E-state index in [1.54, 1.807) is 11.8 Å². The third-order valence-electron chi connectivity index (χ3n) is 5.01. The Morgan fingerprint density at radius 2 is 2.04 bits per heavy atom. The van der Waals surface area contributed by atoms with Crippen LogP contribution in [0.3, 0.4) is 0 Å². The average Bonchev–Trinajstić information content (AvgIpc) is 3.32. The van der Waals surface area contributed by atoms with Crippen molar-refractivity contribution >= 4 is 17.7 Å². The van der Waals surface area contributed by atoms with Crippen LogP contribution in [0, 0.1) is 0 Å². The summed E-state index contributed by atoms with van der Waals surface area (Å²) in [4.78, 5) is 14.3. The largest absolute Gasteiger partial charge is 0.454 e. The van der Waals surface area contributed by atoms with E-state index in [1.165, 1.54) is 25.7 Å². The minimum absolute atomic E-state index is 0.0958. The summed E-state index contributed by atoms with van der Waals surface area (Å²) in [7, 11) is 0. The molecule has 5 nitrogen and oxygen atoms in total. The topological polar surface area (TPSA) is 50.8 Å². The Morgan fingerprint density at radius 1 is 1.21 bits per heavy atom. The quantitative estimate of drug-likeness (QED) is 0.801. The van der Waals surface area contributed by atoms with Gasteiger partial charge in [-0.3, -0.25) is 4.79 Å². The highest BCUT2D eigenvalue weighted by Crippen LogP contribution is 2.42. The van der Waals surface area contributed by atoms with Crippen molar-refractivity contribution in [2.24, 2.45) is 0 Å². The van der Waals surface area contributed by atoms with Crippen molar-refractivity contribution in [3.63, 3.8) is 0 Å². The Morgan fingerprint density at radius 3 is 2.92 bits per heavy atom. The summed E-state index contributed by atoms with van der Waals surface area (Å²) in [6.45, 7) is 2.09. The zero-order valence-corrected chi connectivity index (χ0v) is 14.6. The van der Waals surface area contributed by atoms with Gasteiger partial charge in [-0.05, 0) is 43.5 Å². The number of rotatable bonds is 6. The van der Waals surface area contributed by atoms with Gasteiger partial charge in [0.1, 0.15) is 5.37 Å². The Kier molecular flexibility index (Phi) is 4.85. The molecular formula is C18H24N2O3S.